The highest BCUT2D eigenvalue weighted by atomic mass is 19.3. The van der Waals surface area contributed by atoms with Crippen molar-refractivity contribution in [2.45, 2.75) is 12.3 Å². The van der Waals surface area contributed by atoms with Crippen LogP contribution < -0.4 is 11.3 Å². The molecule has 3 N–H and O–H groups in total. The van der Waals surface area contributed by atoms with E-state index in [-0.39, 0.29) is 0 Å². The molecule has 3 nitrogen and oxygen atoms in total. The second-order valence-corrected chi connectivity index (χ2v) is 1.40. The molecule has 60 valence electrons. The summed E-state index contributed by atoms with van der Waals surface area (Å²) in [6.07, 6.45) is -4.03. The van der Waals surface area contributed by atoms with Crippen LogP contribution in [0.3, 0.4) is 0 Å². The number of hydrogen-bond donors (Lipinski definition) is 2. The average molecular weight is 160 g/mol. The van der Waals surface area contributed by atoms with Gasteiger partial charge in [0.1, 0.15) is 0 Å². The fraction of sp³-hybridized carbons (Fsp3) is 0.667. The Morgan fingerprint density at radius 3 is 2.00 bits per heavy atom. The first-order valence-corrected chi connectivity index (χ1v) is 2.10. The number of alkyl halides is 4. The minimum absolute atomic E-state index is 0.918. The maximum atomic E-state index is 11.7. The molecular formula is C3H4F4N2O. The Morgan fingerprint density at radius 2 is 1.90 bits per heavy atom. The molecule has 0 aliphatic rings. The van der Waals surface area contributed by atoms with Gasteiger partial charge in [0.2, 0.25) is 0 Å². The quantitative estimate of drug-likeness (QED) is 0.256. The van der Waals surface area contributed by atoms with Crippen molar-refractivity contribution in [3.8, 4) is 0 Å². The van der Waals surface area contributed by atoms with Crippen molar-refractivity contribution in [1.29, 1.82) is 0 Å². The van der Waals surface area contributed by atoms with E-state index in [1.165, 1.54) is 0 Å². The second-order valence-electron chi connectivity index (χ2n) is 1.40. The monoisotopic (exact) mass is 160 g/mol. The molecular weight excluding hydrogens is 156 g/mol. The van der Waals surface area contributed by atoms with E-state index in [0.29, 0.717) is 0 Å². The van der Waals surface area contributed by atoms with Crippen LogP contribution in [0.4, 0.5) is 17.6 Å². The summed E-state index contributed by atoms with van der Waals surface area (Å²) in [4.78, 5) is 9.81. The molecule has 0 unspecified atom stereocenters. The predicted molar refractivity (Wildman–Crippen MR) is 23.3 cm³/mol. The van der Waals surface area contributed by atoms with Crippen molar-refractivity contribution in [3.63, 3.8) is 0 Å². The zero-order valence-corrected chi connectivity index (χ0v) is 4.57. The standard InChI is InChI=1S/C3H4F4N2O/c4-1(5)3(6,7)2(10)9-8/h1H,8H2,(H,9,10). The third kappa shape index (κ3) is 1.56. The van der Waals surface area contributed by atoms with E-state index in [2.05, 4.69) is 5.84 Å². The summed E-state index contributed by atoms with van der Waals surface area (Å²) >= 11 is 0. The van der Waals surface area contributed by atoms with Gasteiger partial charge < -0.3 is 0 Å². The lowest BCUT2D eigenvalue weighted by molar-refractivity contribution is -0.169. The van der Waals surface area contributed by atoms with E-state index in [1.807, 2.05) is 0 Å². The van der Waals surface area contributed by atoms with Gasteiger partial charge in [0.25, 0.3) is 0 Å². The number of halogens is 4. The molecule has 0 aliphatic carbocycles. The van der Waals surface area contributed by atoms with Gasteiger partial charge in [-0.05, 0) is 0 Å². The summed E-state index contributed by atoms with van der Waals surface area (Å²) in [5.41, 5.74) is 0.918. The lowest BCUT2D eigenvalue weighted by Gasteiger charge is -2.11. The Labute approximate surface area is 53.2 Å². The first-order chi connectivity index (χ1) is 4.42. The van der Waals surface area contributed by atoms with E-state index < -0.39 is 18.3 Å². The van der Waals surface area contributed by atoms with E-state index in [0.717, 1.165) is 5.43 Å². The number of carbonyl (C=O) groups is 1. The van der Waals surface area contributed by atoms with Gasteiger partial charge >= 0.3 is 18.3 Å². The molecule has 0 saturated heterocycles. The molecule has 0 aromatic carbocycles. The lowest BCUT2D eigenvalue weighted by Crippen LogP contribution is -2.47. The van der Waals surface area contributed by atoms with Gasteiger partial charge in [0, 0.05) is 0 Å². The highest BCUT2D eigenvalue weighted by molar-refractivity contribution is 5.83. The zero-order valence-electron chi connectivity index (χ0n) is 4.57. The zero-order chi connectivity index (χ0) is 8.36. The average Bonchev–Trinajstić information content (AvgIpc) is 1.86. The number of hydrazine groups is 1. The SMILES string of the molecule is NNC(=O)C(F)(F)C(F)F. The summed E-state index contributed by atoms with van der Waals surface area (Å²) in [5, 5.41) is 0. The Morgan fingerprint density at radius 1 is 1.50 bits per heavy atom. The van der Waals surface area contributed by atoms with Crippen molar-refractivity contribution < 1.29 is 22.4 Å². The van der Waals surface area contributed by atoms with Crippen molar-refractivity contribution >= 4 is 5.91 Å². The summed E-state index contributed by atoms with van der Waals surface area (Å²) in [6.45, 7) is 0. The van der Waals surface area contributed by atoms with Crippen LogP contribution in [0.25, 0.3) is 0 Å². The maximum absolute atomic E-state index is 11.7. The van der Waals surface area contributed by atoms with E-state index in [4.69, 9.17) is 0 Å². The number of amides is 1. The number of nitrogens with one attached hydrogen (secondary N) is 1. The van der Waals surface area contributed by atoms with Gasteiger partial charge in [-0.2, -0.15) is 8.78 Å². The van der Waals surface area contributed by atoms with Crippen molar-refractivity contribution in [1.82, 2.24) is 5.43 Å². The Bertz CT molecular complexity index is 136. The molecule has 10 heavy (non-hydrogen) atoms. The molecule has 0 aliphatic heterocycles. The van der Waals surface area contributed by atoms with E-state index in [1.54, 1.807) is 0 Å². The molecule has 0 heterocycles. The normalized spacial score (nSPS) is 11.8. The topological polar surface area (TPSA) is 55.1 Å². The van der Waals surface area contributed by atoms with Crippen LogP contribution in [0, 0.1) is 0 Å². The van der Waals surface area contributed by atoms with Crippen molar-refractivity contribution in [3.05, 3.63) is 0 Å². The summed E-state index contributed by atoms with van der Waals surface area (Å²) in [7, 11) is 0. The molecule has 0 aromatic rings. The predicted octanol–water partition coefficient (Wildman–Crippen LogP) is -0.123. The first-order valence-electron chi connectivity index (χ1n) is 2.10. The van der Waals surface area contributed by atoms with Crippen LogP contribution in [-0.2, 0) is 4.79 Å². The molecule has 0 aromatic heterocycles. The molecule has 0 radical (unpaired) electrons. The van der Waals surface area contributed by atoms with Gasteiger partial charge in [-0.3, -0.25) is 10.2 Å². The van der Waals surface area contributed by atoms with Gasteiger partial charge in [-0.25, -0.2) is 14.6 Å². The summed E-state index contributed by atoms with van der Waals surface area (Å²) in [6, 6.07) is 0. The van der Waals surface area contributed by atoms with Gasteiger partial charge in [0.15, 0.2) is 0 Å². The molecule has 1 amide bonds. The largest absolute Gasteiger partial charge is 0.384 e. The van der Waals surface area contributed by atoms with Gasteiger partial charge in [-0.1, -0.05) is 0 Å². The number of carbonyl (C=O) groups excluding carboxylic acids is 1. The third-order valence-corrected chi connectivity index (χ3v) is 0.708. The molecule has 7 heteroatoms. The summed E-state index contributed by atoms with van der Waals surface area (Å²) in [5.74, 6) is -2.71. The fourth-order valence-corrected chi connectivity index (χ4v) is 0.195. The Balaban J connectivity index is 4.24. The van der Waals surface area contributed by atoms with E-state index >= 15 is 0 Å². The summed E-state index contributed by atoms with van der Waals surface area (Å²) < 4.78 is 45.8. The minimum atomic E-state index is -4.70. The Kier molecular flexibility index (Phi) is 2.58. The molecule has 0 rings (SSSR count). The number of nitrogens with two attached hydrogens (primary N) is 1. The molecule has 0 bridgehead atoms. The first kappa shape index (κ1) is 9.15. The molecule has 0 fully saturated rings. The highest BCUT2D eigenvalue weighted by Gasteiger charge is 2.48. The van der Waals surface area contributed by atoms with Gasteiger partial charge in [0.05, 0.1) is 0 Å². The molecule has 0 spiro atoms. The smallest absolute Gasteiger partial charge is 0.289 e. The van der Waals surface area contributed by atoms with Crippen molar-refractivity contribution in [2.75, 3.05) is 0 Å². The van der Waals surface area contributed by atoms with Crippen LogP contribution in [0.2, 0.25) is 0 Å². The van der Waals surface area contributed by atoms with E-state index in [9.17, 15) is 22.4 Å². The van der Waals surface area contributed by atoms with Crippen LogP contribution in [0.5, 0.6) is 0 Å². The highest BCUT2D eigenvalue weighted by Crippen LogP contribution is 2.21. The number of hydrogen-bond acceptors (Lipinski definition) is 2. The fourth-order valence-electron chi connectivity index (χ4n) is 0.195. The second kappa shape index (κ2) is 2.82. The minimum Gasteiger partial charge on any atom is -0.289 e. The molecule has 0 saturated carbocycles. The van der Waals surface area contributed by atoms with Crippen molar-refractivity contribution in [2.24, 2.45) is 5.84 Å². The number of rotatable bonds is 2. The van der Waals surface area contributed by atoms with Crippen LogP contribution in [0.1, 0.15) is 0 Å². The van der Waals surface area contributed by atoms with Crippen LogP contribution in [-0.4, -0.2) is 18.3 Å². The van der Waals surface area contributed by atoms with Crippen LogP contribution in [0.15, 0.2) is 0 Å². The van der Waals surface area contributed by atoms with Crippen LogP contribution >= 0.6 is 0 Å². The lowest BCUT2D eigenvalue weighted by atomic mass is 10.3. The third-order valence-electron chi connectivity index (χ3n) is 0.708. The maximum Gasteiger partial charge on any atom is 0.384 e. The Hall–Kier alpha value is -0.850. The van der Waals surface area contributed by atoms with Gasteiger partial charge in [-0.15, -0.1) is 0 Å². The molecule has 0 atom stereocenters.